The molecule has 0 spiro atoms. The van der Waals surface area contributed by atoms with Crippen molar-refractivity contribution in [2.75, 3.05) is 0 Å². The molecule has 88 valence electrons. The molecule has 2 nitrogen and oxygen atoms in total. The Morgan fingerprint density at radius 3 is 2.12 bits per heavy atom. The van der Waals surface area contributed by atoms with E-state index in [4.69, 9.17) is 5.73 Å². The lowest BCUT2D eigenvalue weighted by atomic mass is 9.83. The molecular formula is C14H21NO. The molecule has 0 aliphatic heterocycles. The van der Waals surface area contributed by atoms with Crippen LogP contribution in [0.3, 0.4) is 0 Å². The average molecular weight is 219 g/mol. The van der Waals surface area contributed by atoms with Crippen molar-refractivity contribution in [2.45, 2.75) is 46.0 Å². The number of hydrogen-bond donors (Lipinski definition) is 1. The lowest BCUT2D eigenvalue weighted by molar-refractivity contribution is 0.1000. The van der Waals surface area contributed by atoms with Gasteiger partial charge < -0.3 is 5.73 Å². The summed E-state index contributed by atoms with van der Waals surface area (Å²) in [7, 11) is 0. The van der Waals surface area contributed by atoms with E-state index in [1.54, 1.807) is 0 Å². The van der Waals surface area contributed by atoms with Gasteiger partial charge in [-0.05, 0) is 34.6 Å². The largest absolute Gasteiger partial charge is 0.366 e. The first-order chi connectivity index (χ1) is 7.21. The summed E-state index contributed by atoms with van der Waals surface area (Å²) in [4.78, 5) is 11.3. The first kappa shape index (κ1) is 12.8. The Bertz CT molecular complexity index is 400. The van der Waals surface area contributed by atoms with E-state index in [1.165, 1.54) is 5.56 Å². The second kappa shape index (κ2) is 4.28. The molecule has 0 aromatic heterocycles. The highest BCUT2D eigenvalue weighted by Crippen LogP contribution is 2.27. The number of rotatable bonds is 2. The highest BCUT2D eigenvalue weighted by atomic mass is 16.1. The standard InChI is InChI=1S/C14H21NO/c1-9(2)10-6-11(13(15)16)8-12(7-10)14(3,4)5/h6-9H,1-5H3,(H2,15,16). The molecule has 1 rings (SSSR count). The predicted molar refractivity (Wildman–Crippen MR) is 67.7 cm³/mol. The Kier molecular flexibility index (Phi) is 3.41. The van der Waals surface area contributed by atoms with Crippen LogP contribution in [-0.2, 0) is 5.41 Å². The minimum absolute atomic E-state index is 0.0368. The van der Waals surface area contributed by atoms with Gasteiger partial charge in [-0.25, -0.2) is 0 Å². The van der Waals surface area contributed by atoms with Crippen molar-refractivity contribution in [2.24, 2.45) is 5.73 Å². The summed E-state index contributed by atoms with van der Waals surface area (Å²) in [6, 6.07) is 5.95. The van der Waals surface area contributed by atoms with Crippen LogP contribution >= 0.6 is 0 Å². The molecule has 1 amide bonds. The molecule has 0 atom stereocenters. The lowest BCUT2D eigenvalue weighted by Gasteiger charge is -2.21. The van der Waals surface area contributed by atoms with Crippen molar-refractivity contribution < 1.29 is 4.79 Å². The van der Waals surface area contributed by atoms with E-state index in [9.17, 15) is 4.79 Å². The van der Waals surface area contributed by atoms with Crippen molar-refractivity contribution in [1.82, 2.24) is 0 Å². The van der Waals surface area contributed by atoms with Crippen LogP contribution in [0, 0.1) is 0 Å². The van der Waals surface area contributed by atoms with Gasteiger partial charge >= 0.3 is 0 Å². The third kappa shape index (κ3) is 2.84. The zero-order valence-electron chi connectivity index (χ0n) is 10.8. The van der Waals surface area contributed by atoms with Crippen LogP contribution in [0.1, 0.15) is 62.0 Å². The third-order valence-electron chi connectivity index (χ3n) is 2.77. The SMILES string of the molecule is CC(C)c1cc(C(N)=O)cc(C(C)(C)C)c1. The first-order valence-corrected chi connectivity index (χ1v) is 5.67. The maximum absolute atomic E-state index is 11.3. The summed E-state index contributed by atoms with van der Waals surface area (Å²) in [5, 5.41) is 0. The van der Waals surface area contributed by atoms with E-state index >= 15 is 0 Å². The normalized spacial score (nSPS) is 11.9. The van der Waals surface area contributed by atoms with E-state index in [2.05, 4.69) is 40.7 Å². The molecule has 0 aliphatic rings. The average Bonchev–Trinajstić information content (AvgIpc) is 2.15. The van der Waals surface area contributed by atoms with Gasteiger partial charge in [0.15, 0.2) is 0 Å². The molecule has 0 saturated carbocycles. The molecule has 0 fully saturated rings. The fourth-order valence-corrected chi connectivity index (χ4v) is 1.56. The molecule has 2 heteroatoms. The van der Waals surface area contributed by atoms with Gasteiger partial charge in [0, 0.05) is 5.56 Å². The Hall–Kier alpha value is -1.31. The van der Waals surface area contributed by atoms with Crippen LogP contribution in [-0.4, -0.2) is 5.91 Å². The van der Waals surface area contributed by atoms with Crippen molar-refractivity contribution in [3.05, 3.63) is 34.9 Å². The number of carbonyl (C=O) groups excluding carboxylic acids is 1. The van der Waals surface area contributed by atoms with Crippen LogP contribution < -0.4 is 5.73 Å². The van der Waals surface area contributed by atoms with Crippen LogP contribution in [0.15, 0.2) is 18.2 Å². The lowest BCUT2D eigenvalue weighted by Crippen LogP contribution is -2.16. The van der Waals surface area contributed by atoms with Crippen molar-refractivity contribution in [3.8, 4) is 0 Å². The summed E-state index contributed by atoms with van der Waals surface area (Å²) < 4.78 is 0. The summed E-state index contributed by atoms with van der Waals surface area (Å²) in [5.41, 5.74) is 8.33. The molecule has 0 heterocycles. The molecule has 0 aliphatic carbocycles. The van der Waals surface area contributed by atoms with E-state index in [1.807, 2.05) is 12.1 Å². The van der Waals surface area contributed by atoms with Crippen molar-refractivity contribution in [3.63, 3.8) is 0 Å². The van der Waals surface area contributed by atoms with Crippen molar-refractivity contribution >= 4 is 5.91 Å². The smallest absolute Gasteiger partial charge is 0.248 e. The van der Waals surface area contributed by atoms with Crippen LogP contribution in [0.2, 0.25) is 0 Å². The Labute approximate surface area is 97.9 Å². The highest BCUT2D eigenvalue weighted by Gasteiger charge is 2.17. The summed E-state index contributed by atoms with van der Waals surface area (Å²) in [6.07, 6.45) is 0. The fourth-order valence-electron chi connectivity index (χ4n) is 1.56. The van der Waals surface area contributed by atoms with E-state index in [0.717, 1.165) is 5.56 Å². The second-order valence-corrected chi connectivity index (χ2v) is 5.61. The maximum Gasteiger partial charge on any atom is 0.248 e. The van der Waals surface area contributed by atoms with Gasteiger partial charge in [0.2, 0.25) is 5.91 Å². The topological polar surface area (TPSA) is 43.1 Å². The zero-order chi connectivity index (χ0) is 12.5. The maximum atomic E-state index is 11.3. The Balaban J connectivity index is 3.36. The predicted octanol–water partition coefficient (Wildman–Crippen LogP) is 3.21. The highest BCUT2D eigenvalue weighted by molar-refractivity contribution is 5.93. The molecule has 0 bridgehead atoms. The molecule has 0 saturated heterocycles. The number of amides is 1. The fraction of sp³-hybridized carbons (Fsp3) is 0.500. The minimum atomic E-state index is -0.354. The minimum Gasteiger partial charge on any atom is -0.366 e. The summed E-state index contributed by atoms with van der Waals surface area (Å²) in [6.45, 7) is 10.6. The van der Waals surface area contributed by atoms with Crippen LogP contribution in [0.25, 0.3) is 0 Å². The molecule has 0 unspecified atom stereocenters. The monoisotopic (exact) mass is 219 g/mol. The molecule has 16 heavy (non-hydrogen) atoms. The van der Waals surface area contributed by atoms with Crippen LogP contribution in [0.4, 0.5) is 0 Å². The van der Waals surface area contributed by atoms with Crippen LogP contribution in [0.5, 0.6) is 0 Å². The molecule has 0 radical (unpaired) electrons. The van der Waals surface area contributed by atoms with Gasteiger partial charge in [-0.1, -0.05) is 40.7 Å². The number of hydrogen-bond acceptors (Lipinski definition) is 1. The van der Waals surface area contributed by atoms with Gasteiger partial charge in [-0.2, -0.15) is 0 Å². The van der Waals surface area contributed by atoms with Gasteiger partial charge in [0.25, 0.3) is 0 Å². The number of carbonyl (C=O) groups is 1. The first-order valence-electron chi connectivity index (χ1n) is 5.67. The molecule has 1 aromatic carbocycles. The van der Waals surface area contributed by atoms with Gasteiger partial charge in [0.05, 0.1) is 0 Å². The molecular weight excluding hydrogens is 198 g/mol. The van der Waals surface area contributed by atoms with E-state index in [0.29, 0.717) is 11.5 Å². The number of benzene rings is 1. The Morgan fingerprint density at radius 1 is 1.19 bits per heavy atom. The van der Waals surface area contributed by atoms with E-state index in [-0.39, 0.29) is 11.3 Å². The summed E-state index contributed by atoms with van der Waals surface area (Å²) >= 11 is 0. The number of primary amides is 1. The number of nitrogens with two attached hydrogens (primary N) is 1. The van der Waals surface area contributed by atoms with Gasteiger partial charge in [-0.3, -0.25) is 4.79 Å². The molecule has 2 N–H and O–H groups in total. The molecule has 1 aromatic rings. The second-order valence-electron chi connectivity index (χ2n) is 5.61. The third-order valence-corrected chi connectivity index (χ3v) is 2.77. The Morgan fingerprint density at radius 2 is 1.75 bits per heavy atom. The quantitative estimate of drug-likeness (QED) is 0.815. The zero-order valence-corrected chi connectivity index (χ0v) is 10.8. The van der Waals surface area contributed by atoms with Crippen molar-refractivity contribution in [1.29, 1.82) is 0 Å². The van der Waals surface area contributed by atoms with Gasteiger partial charge in [0.1, 0.15) is 0 Å². The van der Waals surface area contributed by atoms with E-state index < -0.39 is 0 Å². The van der Waals surface area contributed by atoms with Gasteiger partial charge in [-0.15, -0.1) is 0 Å². The summed E-state index contributed by atoms with van der Waals surface area (Å²) in [5.74, 6) is 0.0494.